The van der Waals surface area contributed by atoms with Crippen LogP contribution in [-0.4, -0.2) is 46.6 Å². The van der Waals surface area contributed by atoms with Gasteiger partial charge in [0.05, 0.1) is 5.69 Å². The molecule has 2 rings (SSSR count). The minimum atomic E-state index is -0.948. The van der Waals surface area contributed by atoms with E-state index in [0.717, 1.165) is 12.2 Å². The highest BCUT2D eigenvalue weighted by molar-refractivity contribution is 7.11. The first-order valence-electron chi connectivity index (χ1n) is 6.28. The minimum Gasteiger partial charge on any atom is -0.476 e. The first-order chi connectivity index (χ1) is 8.65. The quantitative estimate of drug-likeness (QED) is 0.817. The van der Waals surface area contributed by atoms with Crippen LogP contribution in [0.3, 0.4) is 0 Å². The molecule has 1 atom stereocenters. The number of hydrogen-bond acceptors (Lipinski definition) is 5. The van der Waals surface area contributed by atoms with E-state index >= 15 is 0 Å². The van der Waals surface area contributed by atoms with E-state index in [9.17, 15) is 4.79 Å². The number of aromatic carboxylic acids is 1. The number of nitrogens with one attached hydrogen (secondary N) is 1. The second-order valence-corrected chi connectivity index (χ2v) is 5.60. The summed E-state index contributed by atoms with van der Waals surface area (Å²) >= 11 is 1.18. The van der Waals surface area contributed by atoms with E-state index in [1.165, 1.54) is 37.3 Å². The Kier molecular flexibility index (Phi) is 4.68. The van der Waals surface area contributed by atoms with Crippen LogP contribution in [0, 0.1) is 0 Å². The van der Waals surface area contributed by atoms with Gasteiger partial charge in [-0.05, 0) is 32.9 Å². The molecule has 1 fully saturated rings. The van der Waals surface area contributed by atoms with E-state index in [2.05, 4.69) is 22.1 Å². The molecule has 1 aromatic rings. The summed E-state index contributed by atoms with van der Waals surface area (Å²) in [5.74, 6) is -0.948. The maximum atomic E-state index is 10.7. The Morgan fingerprint density at radius 1 is 1.61 bits per heavy atom. The fraction of sp³-hybridized carbons (Fsp3) is 0.667. The van der Waals surface area contributed by atoms with Gasteiger partial charge in [-0.3, -0.25) is 0 Å². The van der Waals surface area contributed by atoms with Crippen LogP contribution in [0.2, 0.25) is 0 Å². The number of carbonyl (C=O) groups is 1. The number of aromatic nitrogens is 1. The fourth-order valence-electron chi connectivity index (χ4n) is 2.18. The van der Waals surface area contributed by atoms with Crippen LogP contribution in [0.1, 0.15) is 35.3 Å². The highest BCUT2D eigenvalue weighted by Gasteiger charge is 2.15. The number of carboxylic acids is 1. The lowest BCUT2D eigenvalue weighted by Crippen LogP contribution is -2.37. The average Bonchev–Trinajstić information content (AvgIpc) is 2.96. The first-order valence-corrected chi connectivity index (χ1v) is 7.16. The molecule has 0 amide bonds. The molecule has 100 valence electrons. The molecule has 5 nitrogen and oxygen atoms in total. The third kappa shape index (κ3) is 3.76. The number of likely N-dealkylation sites (tertiary alicyclic amines) is 1. The van der Waals surface area contributed by atoms with Gasteiger partial charge in [0.1, 0.15) is 0 Å². The van der Waals surface area contributed by atoms with Crippen molar-refractivity contribution in [1.82, 2.24) is 15.2 Å². The number of nitrogens with zero attached hydrogens (tertiary/aromatic N) is 2. The molecule has 0 aliphatic carbocycles. The summed E-state index contributed by atoms with van der Waals surface area (Å²) in [6.07, 6.45) is 2.61. The molecule has 1 saturated heterocycles. The van der Waals surface area contributed by atoms with Crippen molar-refractivity contribution in [3.8, 4) is 0 Å². The van der Waals surface area contributed by atoms with E-state index in [-0.39, 0.29) is 5.01 Å². The van der Waals surface area contributed by atoms with Crippen molar-refractivity contribution in [2.24, 2.45) is 0 Å². The predicted molar refractivity (Wildman–Crippen MR) is 71.0 cm³/mol. The lowest BCUT2D eigenvalue weighted by Gasteiger charge is -2.20. The molecule has 0 aromatic carbocycles. The van der Waals surface area contributed by atoms with E-state index < -0.39 is 5.97 Å². The second-order valence-electron chi connectivity index (χ2n) is 4.74. The van der Waals surface area contributed by atoms with Crippen LogP contribution in [0.25, 0.3) is 0 Å². The Labute approximate surface area is 111 Å². The molecule has 0 bridgehead atoms. The summed E-state index contributed by atoms with van der Waals surface area (Å²) in [4.78, 5) is 17.2. The van der Waals surface area contributed by atoms with E-state index in [4.69, 9.17) is 5.11 Å². The molecule has 6 heteroatoms. The van der Waals surface area contributed by atoms with Gasteiger partial charge < -0.3 is 15.3 Å². The molecule has 2 N–H and O–H groups in total. The van der Waals surface area contributed by atoms with E-state index in [0.29, 0.717) is 12.6 Å². The summed E-state index contributed by atoms with van der Waals surface area (Å²) < 4.78 is 0. The molecule has 2 heterocycles. The van der Waals surface area contributed by atoms with Gasteiger partial charge in [-0.15, -0.1) is 11.3 Å². The van der Waals surface area contributed by atoms with Crippen molar-refractivity contribution in [2.45, 2.75) is 32.4 Å². The number of rotatable bonds is 6. The smallest absolute Gasteiger partial charge is 0.365 e. The van der Waals surface area contributed by atoms with Gasteiger partial charge in [0.15, 0.2) is 0 Å². The summed E-state index contributed by atoms with van der Waals surface area (Å²) in [6.45, 7) is 6.25. The van der Waals surface area contributed by atoms with Crippen molar-refractivity contribution < 1.29 is 9.90 Å². The van der Waals surface area contributed by atoms with Gasteiger partial charge in [-0.2, -0.15) is 0 Å². The maximum absolute atomic E-state index is 10.7. The lowest BCUT2D eigenvalue weighted by atomic mass is 10.3. The second kappa shape index (κ2) is 6.26. The van der Waals surface area contributed by atoms with Crippen LogP contribution in [0.5, 0.6) is 0 Å². The first kappa shape index (κ1) is 13.5. The highest BCUT2D eigenvalue weighted by atomic mass is 32.1. The molecule has 1 unspecified atom stereocenters. The minimum absolute atomic E-state index is 0.166. The van der Waals surface area contributed by atoms with Gasteiger partial charge in [0.2, 0.25) is 5.01 Å². The zero-order chi connectivity index (χ0) is 13.0. The van der Waals surface area contributed by atoms with Crippen LogP contribution < -0.4 is 5.32 Å². The Hall–Kier alpha value is -0.980. The summed E-state index contributed by atoms with van der Waals surface area (Å²) in [7, 11) is 0. The zero-order valence-corrected chi connectivity index (χ0v) is 11.4. The SMILES string of the molecule is CC(CN1CCCC1)NCc1csc(C(=O)O)n1. The van der Waals surface area contributed by atoms with Crippen molar-refractivity contribution in [1.29, 1.82) is 0 Å². The van der Waals surface area contributed by atoms with Gasteiger partial charge in [-0.25, -0.2) is 9.78 Å². The summed E-state index contributed by atoms with van der Waals surface area (Å²) in [6, 6.07) is 0.401. The van der Waals surface area contributed by atoms with Gasteiger partial charge in [0, 0.05) is 24.5 Å². The van der Waals surface area contributed by atoms with E-state index in [1.54, 1.807) is 5.38 Å². The number of thiazole rings is 1. The van der Waals surface area contributed by atoms with Crippen LogP contribution in [0.4, 0.5) is 0 Å². The number of carboxylic acid groups (broad SMARTS) is 1. The van der Waals surface area contributed by atoms with Crippen molar-refractivity contribution in [2.75, 3.05) is 19.6 Å². The summed E-state index contributed by atoms with van der Waals surface area (Å²) in [5.41, 5.74) is 0.811. The summed E-state index contributed by atoms with van der Waals surface area (Å²) in [5, 5.41) is 14.1. The molecule has 0 saturated carbocycles. The third-order valence-electron chi connectivity index (χ3n) is 3.10. The van der Waals surface area contributed by atoms with Gasteiger partial charge in [0.25, 0.3) is 0 Å². The monoisotopic (exact) mass is 269 g/mol. The van der Waals surface area contributed by atoms with Gasteiger partial charge >= 0.3 is 5.97 Å². The van der Waals surface area contributed by atoms with Crippen LogP contribution >= 0.6 is 11.3 Å². The predicted octanol–water partition coefficient (Wildman–Crippen LogP) is 1.42. The molecule has 1 aliphatic rings. The molecular formula is C12H19N3O2S. The van der Waals surface area contributed by atoms with Crippen molar-refractivity contribution in [3.63, 3.8) is 0 Å². The van der Waals surface area contributed by atoms with Crippen LogP contribution in [-0.2, 0) is 6.54 Å². The maximum Gasteiger partial charge on any atom is 0.365 e. The van der Waals surface area contributed by atoms with Crippen molar-refractivity contribution >= 4 is 17.3 Å². The van der Waals surface area contributed by atoms with Gasteiger partial charge in [-0.1, -0.05) is 0 Å². The van der Waals surface area contributed by atoms with E-state index in [1.807, 2.05) is 0 Å². The topological polar surface area (TPSA) is 65.5 Å². The molecule has 1 aliphatic heterocycles. The number of hydrogen-bond donors (Lipinski definition) is 2. The lowest BCUT2D eigenvalue weighted by molar-refractivity contribution is 0.0696. The van der Waals surface area contributed by atoms with Crippen LogP contribution in [0.15, 0.2) is 5.38 Å². The molecule has 1 aromatic heterocycles. The molecular weight excluding hydrogens is 250 g/mol. The molecule has 0 radical (unpaired) electrons. The third-order valence-corrected chi connectivity index (χ3v) is 3.98. The average molecular weight is 269 g/mol. The molecule has 0 spiro atoms. The Bertz CT molecular complexity index is 402. The zero-order valence-electron chi connectivity index (χ0n) is 10.6. The van der Waals surface area contributed by atoms with Crippen molar-refractivity contribution in [3.05, 3.63) is 16.1 Å². The Balaban J connectivity index is 1.74. The molecule has 18 heavy (non-hydrogen) atoms. The standard InChI is InChI=1S/C12H19N3O2S/c1-9(7-15-4-2-3-5-15)13-6-10-8-18-11(14-10)12(16)17/h8-9,13H,2-7H2,1H3,(H,16,17). The Morgan fingerprint density at radius 2 is 2.33 bits per heavy atom. The highest BCUT2D eigenvalue weighted by Crippen LogP contribution is 2.10. The largest absolute Gasteiger partial charge is 0.476 e. The fourth-order valence-corrected chi connectivity index (χ4v) is 2.84. The normalized spacial score (nSPS) is 18.1. The Morgan fingerprint density at radius 3 is 2.94 bits per heavy atom.